The van der Waals surface area contributed by atoms with Gasteiger partial charge in [-0.3, -0.25) is 4.79 Å². The number of hydrogen-bond donors (Lipinski definition) is 0. The van der Waals surface area contributed by atoms with Gasteiger partial charge < -0.3 is 23.7 Å². The number of piperidine rings is 1. The lowest BCUT2D eigenvalue weighted by Crippen LogP contribution is -2.36. The maximum Gasteiger partial charge on any atom is 0.321 e. The fourth-order valence-electron chi connectivity index (χ4n) is 4.27. The van der Waals surface area contributed by atoms with E-state index in [-0.39, 0.29) is 12.0 Å². The normalized spacial score (nSPS) is 14.1. The van der Waals surface area contributed by atoms with Crippen molar-refractivity contribution in [2.45, 2.75) is 39.5 Å². The average Bonchev–Trinajstić information content (AvgIpc) is 3.30. The molecule has 35 heavy (non-hydrogen) atoms. The van der Waals surface area contributed by atoms with Crippen LogP contribution in [-0.4, -0.2) is 64.4 Å². The van der Waals surface area contributed by atoms with Gasteiger partial charge >= 0.3 is 12.0 Å². The molecule has 0 spiro atoms. The minimum absolute atomic E-state index is 0.125. The van der Waals surface area contributed by atoms with E-state index < -0.39 is 0 Å². The fourth-order valence-corrected chi connectivity index (χ4v) is 4.27. The Bertz CT molecular complexity index is 1160. The number of benzene rings is 1. The lowest BCUT2D eigenvalue weighted by atomic mass is 9.94. The number of aryl methyl sites for hydroxylation is 1. The highest BCUT2D eigenvalue weighted by molar-refractivity contribution is 5.69. The Morgan fingerprint density at radius 1 is 1.11 bits per heavy atom. The first kappa shape index (κ1) is 24.4. The Hall–Kier alpha value is -3.69. The molecule has 1 aliphatic heterocycles. The maximum atomic E-state index is 11.8. The molecule has 0 radical (unpaired) electrons. The summed E-state index contributed by atoms with van der Waals surface area (Å²) in [6.07, 6.45) is 6.46. The smallest absolute Gasteiger partial charge is 0.321 e. The van der Waals surface area contributed by atoms with E-state index in [2.05, 4.69) is 19.9 Å². The van der Waals surface area contributed by atoms with Crippen LogP contribution in [0.15, 0.2) is 30.7 Å². The lowest BCUT2D eigenvalue weighted by molar-refractivity contribution is -0.144. The molecule has 0 saturated carbocycles. The third kappa shape index (κ3) is 6.06. The van der Waals surface area contributed by atoms with Gasteiger partial charge in [0, 0.05) is 32.1 Å². The van der Waals surface area contributed by atoms with Crippen molar-refractivity contribution in [2.24, 2.45) is 5.92 Å². The van der Waals surface area contributed by atoms with Crippen LogP contribution in [0.4, 0.5) is 5.95 Å². The van der Waals surface area contributed by atoms with E-state index in [0.29, 0.717) is 37.1 Å². The zero-order valence-electron chi connectivity index (χ0n) is 20.7. The van der Waals surface area contributed by atoms with E-state index in [4.69, 9.17) is 19.2 Å². The van der Waals surface area contributed by atoms with Gasteiger partial charge in [-0.1, -0.05) is 6.07 Å². The molecule has 1 saturated heterocycles. The SMILES string of the molecule is CCOC(=O)CC1CCN(c2nc(Cc3ccc(-n4cnc(C)c4)c(OC)c3)nc(OC)n2)CC1. The van der Waals surface area contributed by atoms with Crippen molar-refractivity contribution < 1.29 is 19.0 Å². The number of esters is 1. The Balaban J connectivity index is 1.48. The molecule has 4 rings (SSSR count). The summed E-state index contributed by atoms with van der Waals surface area (Å²) in [7, 11) is 3.21. The van der Waals surface area contributed by atoms with E-state index in [1.165, 1.54) is 0 Å². The largest absolute Gasteiger partial charge is 0.495 e. The van der Waals surface area contributed by atoms with Gasteiger partial charge in [0.1, 0.15) is 11.6 Å². The number of anilines is 1. The molecule has 0 unspecified atom stereocenters. The molecule has 0 bridgehead atoms. The molecule has 0 atom stereocenters. The second-order valence-corrected chi connectivity index (χ2v) is 8.58. The summed E-state index contributed by atoms with van der Waals surface area (Å²) in [5.41, 5.74) is 2.86. The van der Waals surface area contributed by atoms with Gasteiger partial charge in [0.05, 0.1) is 38.5 Å². The molecule has 0 aliphatic carbocycles. The monoisotopic (exact) mass is 480 g/mol. The summed E-state index contributed by atoms with van der Waals surface area (Å²) in [5.74, 6) is 2.15. The summed E-state index contributed by atoms with van der Waals surface area (Å²) < 4.78 is 18.0. The Kier molecular flexibility index (Phi) is 7.79. The van der Waals surface area contributed by atoms with E-state index in [1.807, 2.05) is 42.8 Å². The standard InChI is InChI=1S/C25H32N6O4/c1-5-35-23(32)14-18-8-10-30(11-9-18)24-27-22(28-25(29-24)34-4)13-19-6-7-20(21(12-19)33-3)31-15-17(2)26-16-31/h6-7,12,15-16,18H,5,8-11,13-14H2,1-4H3. The van der Waals surface area contributed by atoms with Crippen molar-refractivity contribution in [3.8, 4) is 17.4 Å². The van der Waals surface area contributed by atoms with Crippen molar-refractivity contribution >= 4 is 11.9 Å². The summed E-state index contributed by atoms with van der Waals surface area (Å²) in [6.45, 7) is 5.74. The number of carbonyl (C=O) groups is 1. The van der Waals surface area contributed by atoms with Crippen molar-refractivity contribution in [3.05, 3.63) is 47.8 Å². The van der Waals surface area contributed by atoms with Gasteiger partial charge in [0.2, 0.25) is 5.95 Å². The predicted octanol–water partition coefficient (Wildman–Crippen LogP) is 3.14. The number of aromatic nitrogens is 5. The first-order valence-electron chi connectivity index (χ1n) is 11.9. The van der Waals surface area contributed by atoms with Gasteiger partial charge in [-0.25, -0.2) is 4.98 Å². The number of rotatable bonds is 9. The van der Waals surface area contributed by atoms with Crippen LogP contribution in [0.1, 0.15) is 43.3 Å². The molecular formula is C25H32N6O4. The molecule has 1 fully saturated rings. The second-order valence-electron chi connectivity index (χ2n) is 8.58. The molecule has 1 aromatic carbocycles. The first-order chi connectivity index (χ1) is 17.0. The second kappa shape index (κ2) is 11.2. The van der Waals surface area contributed by atoms with E-state index in [1.54, 1.807) is 20.5 Å². The highest BCUT2D eigenvalue weighted by atomic mass is 16.5. The lowest BCUT2D eigenvalue weighted by Gasteiger charge is -2.31. The third-order valence-corrected chi connectivity index (χ3v) is 6.09. The Labute approximate surface area is 205 Å². The van der Waals surface area contributed by atoms with Crippen LogP contribution >= 0.6 is 0 Å². The molecule has 10 nitrogen and oxygen atoms in total. The number of methoxy groups -OCH3 is 2. The topological polar surface area (TPSA) is 104 Å². The number of hydrogen-bond acceptors (Lipinski definition) is 9. The number of imidazole rings is 1. The minimum atomic E-state index is -0.125. The highest BCUT2D eigenvalue weighted by Gasteiger charge is 2.24. The van der Waals surface area contributed by atoms with E-state index in [9.17, 15) is 4.79 Å². The molecule has 0 amide bonds. The van der Waals surface area contributed by atoms with Crippen LogP contribution in [-0.2, 0) is 16.0 Å². The van der Waals surface area contributed by atoms with Crippen molar-refractivity contribution in [1.29, 1.82) is 0 Å². The summed E-state index contributed by atoms with van der Waals surface area (Å²) in [4.78, 5) is 31.9. The molecular weight excluding hydrogens is 448 g/mol. The van der Waals surface area contributed by atoms with Crippen LogP contribution in [0.3, 0.4) is 0 Å². The van der Waals surface area contributed by atoms with Gasteiger partial charge in [-0.15, -0.1) is 0 Å². The van der Waals surface area contributed by atoms with Crippen molar-refractivity contribution in [1.82, 2.24) is 24.5 Å². The zero-order chi connectivity index (χ0) is 24.8. The summed E-state index contributed by atoms with van der Waals surface area (Å²) >= 11 is 0. The van der Waals surface area contributed by atoms with Crippen molar-refractivity contribution in [2.75, 3.05) is 38.8 Å². The molecule has 186 valence electrons. The Morgan fingerprint density at radius 3 is 2.57 bits per heavy atom. The molecule has 3 heterocycles. The van der Waals surface area contributed by atoms with E-state index >= 15 is 0 Å². The molecule has 3 aromatic rings. The summed E-state index contributed by atoms with van der Waals surface area (Å²) in [6, 6.07) is 6.31. The van der Waals surface area contributed by atoms with Crippen LogP contribution in [0.2, 0.25) is 0 Å². The molecule has 0 N–H and O–H groups in total. The number of carbonyl (C=O) groups excluding carboxylic acids is 1. The summed E-state index contributed by atoms with van der Waals surface area (Å²) in [5, 5.41) is 0. The third-order valence-electron chi connectivity index (χ3n) is 6.09. The van der Waals surface area contributed by atoms with Gasteiger partial charge in [0.15, 0.2) is 0 Å². The van der Waals surface area contributed by atoms with Gasteiger partial charge in [-0.2, -0.15) is 15.0 Å². The molecule has 2 aromatic heterocycles. The number of nitrogens with zero attached hydrogens (tertiary/aromatic N) is 6. The van der Waals surface area contributed by atoms with Crippen LogP contribution in [0.25, 0.3) is 5.69 Å². The molecule has 1 aliphatic rings. The molecule has 10 heteroatoms. The predicted molar refractivity (Wildman–Crippen MR) is 130 cm³/mol. The van der Waals surface area contributed by atoms with E-state index in [0.717, 1.165) is 48.6 Å². The highest BCUT2D eigenvalue weighted by Crippen LogP contribution is 2.27. The van der Waals surface area contributed by atoms with Crippen LogP contribution in [0, 0.1) is 12.8 Å². The van der Waals surface area contributed by atoms with Crippen molar-refractivity contribution in [3.63, 3.8) is 0 Å². The Morgan fingerprint density at radius 2 is 1.91 bits per heavy atom. The van der Waals surface area contributed by atoms with Crippen LogP contribution in [0.5, 0.6) is 11.8 Å². The minimum Gasteiger partial charge on any atom is -0.495 e. The van der Waals surface area contributed by atoms with Gasteiger partial charge in [-0.05, 0) is 50.3 Å². The maximum absolute atomic E-state index is 11.8. The zero-order valence-corrected chi connectivity index (χ0v) is 20.7. The van der Waals surface area contributed by atoms with Crippen LogP contribution < -0.4 is 14.4 Å². The quantitative estimate of drug-likeness (QED) is 0.427. The fraction of sp³-hybridized carbons (Fsp3) is 0.480. The first-order valence-corrected chi connectivity index (χ1v) is 11.9. The number of ether oxygens (including phenoxy) is 3. The average molecular weight is 481 g/mol. The van der Waals surface area contributed by atoms with Gasteiger partial charge in [0.25, 0.3) is 0 Å².